The van der Waals surface area contributed by atoms with Crippen molar-refractivity contribution < 1.29 is 13.2 Å². The van der Waals surface area contributed by atoms with Crippen molar-refractivity contribution in [2.75, 3.05) is 0 Å². The third-order valence-electron chi connectivity index (χ3n) is 11.5. The molecule has 0 amide bonds. The zero-order chi connectivity index (χ0) is 42.7. The maximum Gasteiger partial charge on any atom is 0.416 e. The summed E-state index contributed by atoms with van der Waals surface area (Å²) in [5.74, 6) is 0. The molecule has 0 unspecified atom stereocenters. The molecule has 2 heterocycles. The van der Waals surface area contributed by atoms with Crippen LogP contribution in [0.1, 0.15) is 22.3 Å². The molecule has 0 aliphatic carbocycles. The SMILES string of the molecule is [C-]#[N+]c1cc(-n2c3ccccc3c3cc(-c4ccc(C#N)cc4)ccc32)c(-n2c3ccccc3c3cc(-c4ccc(C#N)cc4)ccc32)cc1-c1ccc(C(F)(F)F)cc1C#N. The van der Waals surface area contributed by atoms with Crippen molar-refractivity contribution in [2.24, 2.45) is 0 Å². The summed E-state index contributed by atoms with van der Waals surface area (Å²) in [7, 11) is 0. The minimum atomic E-state index is -4.67. The Kier molecular flexibility index (Phi) is 8.70. The van der Waals surface area contributed by atoms with Crippen LogP contribution in [0.4, 0.5) is 18.9 Å². The molecule has 10 rings (SSSR count). The highest BCUT2D eigenvalue weighted by molar-refractivity contribution is 6.13. The first-order chi connectivity index (χ1) is 30.2. The minimum Gasteiger partial charge on any atom is -0.308 e. The van der Waals surface area contributed by atoms with Crippen LogP contribution in [0.3, 0.4) is 0 Å². The Morgan fingerprint density at radius 1 is 0.452 bits per heavy atom. The molecule has 0 atom stereocenters. The number of halogens is 3. The highest BCUT2D eigenvalue weighted by atomic mass is 19.4. The number of alkyl halides is 3. The Hall–Kier alpha value is -8.89. The van der Waals surface area contributed by atoms with Crippen LogP contribution in [0.25, 0.3) is 93.2 Å². The lowest BCUT2D eigenvalue weighted by atomic mass is 9.95. The van der Waals surface area contributed by atoms with E-state index in [-0.39, 0.29) is 16.8 Å². The average Bonchev–Trinajstić information content (AvgIpc) is 3.82. The molecule has 0 saturated carbocycles. The van der Waals surface area contributed by atoms with Gasteiger partial charge >= 0.3 is 6.18 Å². The van der Waals surface area contributed by atoms with Gasteiger partial charge in [-0.25, -0.2) is 4.85 Å². The van der Waals surface area contributed by atoms with Gasteiger partial charge in [-0.1, -0.05) is 78.9 Å². The number of benzene rings is 8. The Morgan fingerprint density at radius 3 is 1.39 bits per heavy atom. The molecule has 0 aliphatic rings. The Bertz CT molecular complexity index is 3660. The number of para-hydroxylation sites is 2. The van der Waals surface area contributed by atoms with Gasteiger partial charge in [0.05, 0.1) is 80.5 Å². The molecule has 62 heavy (non-hydrogen) atoms. The van der Waals surface area contributed by atoms with Gasteiger partial charge < -0.3 is 9.13 Å². The predicted molar refractivity (Wildman–Crippen MR) is 237 cm³/mol. The highest BCUT2D eigenvalue weighted by Crippen LogP contribution is 2.45. The summed E-state index contributed by atoms with van der Waals surface area (Å²) in [5, 5.41) is 32.9. The number of nitriles is 3. The Labute approximate surface area is 352 Å². The van der Waals surface area contributed by atoms with Gasteiger partial charge in [0.25, 0.3) is 0 Å². The van der Waals surface area contributed by atoms with Crippen LogP contribution in [-0.4, -0.2) is 9.13 Å². The van der Waals surface area contributed by atoms with Crippen molar-refractivity contribution in [3.05, 3.63) is 197 Å². The lowest BCUT2D eigenvalue weighted by molar-refractivity contribution is -0.137. The zero-order valence-electron chi connectivity index (χ0n) is 32.4. The van der Waals surface area contributed by atoms with E-state index in [1.165, 1.54) is 6.07 Å². The van der Waals surface area contributed by atoms with Gasteiger partial charge in [0.2, 0.25) is 0 Å². The lowest BCUT2D eigenvalue weighted by Crippen LogP contribution is -2.06. The maximum atomic E-state index is 13.9. The predicted octanol–water partition coefficient (Wildman–Crippen LogP) is 14.1. The molecule has 0 bridgehead atoms. The first-order valence-electron chi connectivity index (χ1n) is 19.4. The normalized spacial score (nSPS) is 11.4. The second kappa shape index (κ2) is 14.4. The summed E-state index contributed by atoms with van der Waals surface area (Å²) < 4.78 is 46.0. The second-order valence-electron chi connectivity index (χ2n) is 14.9. The summed E-state index contributed by atoms with van der Waals surface area (Å²) in [5.41, 5.74) is 9.08. The van der Waals surface area contributed by atoms with Crippen molar-refractivity contribution in [2.45, 2.75) is 6.18 Å². The molecular weight excluding hydrogens is 778 g/mol. The van der Waals surface area contributed by atoms with Crippen LogP contribution < -0.4 is 0 Å². The monoisotopic (exact) mass is 804 g/mol. The molecule has 9 heteroatoms. The fourth-order valence-electron chi connectivity index (χ4n) is 8.58. The first-order valence-corrected chi connectivity index (χ1v) is 19.4. The van der Waals surface area contributed by atoms with Crippen molar-refractivity contribution in [3.8, 4) is 63.0 Å². The number of aromatic nitrogens is 2. The first kappa shape index (κ1) is 37.4. The van der Waals surface area contributed by atoms with Crippen LogP contribution in [0.5, 0.6) is 0 Å². The van der Waals surface area contributed by atoms with Crippen molar-refractivity contribution in [1.29, 1.82) is 15.8 Å². The van der Waals surface area contributed by atoms with E-state index < -0.39 is 11.7 Å². The molecule has 0 N–H and O–H groups in total. The van der Waals surface area contributed by atoms with Crippen molar-refractivity contribution >= 4 is 49.3 Å². The van der Waals surface area contributed by atoms with E-state index in [1.54, 1.807) is 30.3 Å². The maximum absolute atomic E-state index is 13.9. The molecule has 8 aromatic carbocycles. The molecule has 6 nitrogen and oxygen atoms in total. The van der Waals surface area contributed by atoms with Gasteiger partial charge in [-0.2, -0.15) is 29.0 Å². The average molecular weight is 805 g/mol. The number of fused-ring (bicyclic) bond motifs is 6. The van der Waals surface area contributed by atoms with E-state index in [4.69, 9.17) is 6.57 Å². The fraction of sp³-hybridized carbons (Fsp3) is 0.0189. The van der Waals surface area contributed by atoms with Crippen molar-refractivity contribution in [3.63, 3.8) is 0 Å². The molecule has 0 aliphatic heterocycles. The van der Waals surface area contributed by atoms with E-state index in [0.717, 1.165) is 78.0 Å². The van der Waals surface area contributed by atoms with Gasteiger partial charge in [0, 0.05) is 21.5 Å². The standard InChI is InChI=1S/C53H27F3N6/c1-60-46-28-52(62-48-9-5-3-7-42(48)45-26-37(19-23-50(45)62)35-16-12-33(30-58)13-17-35)51(27-43(46)40-21-20-39(53(54,55)56)24-38(40)31-59)61-47-8-4-2-6-41(47)44-25-36(18-22-49(44)61)34-14-10-32(29-57)11-15-34/h2-28H. The van der Waals surface area contributed by atoms with Crippen LogP contribution in [0, 0.1) is 40.6 Å². The largest absolute Gasteiger partial charge is 0.416 e. The molecule has 0 spiro atoms. The highest BCUT2D eigenvalue weighted by Gasteiger charge is 2.32. The summed E-state index contributed by atoms with van der Waals surface area (Å²) in [6.07, 6.45) is -4.67. The number of hydrogen-bond donors (Lipinski definition) is 0. The Balaban J connectivity index is 1.30. The summed E-state index contributed by atoms with van der Waals surface area (Å²) in [4.78, 5) is 3.95. The van der Waals surface area contributed by atoms with E-state index in [2.05, 4.69) is 38.3 Å². The van der Waals surface area contributed by atoms with Crippen LogP contribution in [0.2, 0.25) is 0 Å². The summed E-state index contributed by atoms with van der Waals surface area (Å²) in [6.45, 7) is 8.45. The number of rotatable bonds is 5. The summed E-state index contributed by atoms with van der Waals surface area (Å²) >= 11 is 0. The fourth-order valence-corrected chi connectivity index (χ4v) is 8.58. The topological polar surface area (TPSA) is 85.6 Å². The quantitative estimate of drug-likeness (QED) is 0.162. The second-order valence-corrected chi connectivity index (χ2v) is 14.9. The third kappa shape index (κ3) is 6.01. The molecule has 10 aromatic rings. The van der Waals surface area contributed by atoms with E-state index in [0.29, 0.717) is 28.1 Å². The van der Waals surface area contributed by atoms with Crippen molar-refractivity contribution in [1.82, 2.24) is 9.13 Å². The van der Waals surface area contributed by atoms with Gasteiger partial charge in [0.15, 0.2) is 5.69 Å². The van der Waals surface area contributed by atoms with Gasteiger partial charge in [-0.3, -0.25) is 0 Å². The summed E-state index contributed by atoms with van der Waals surface area (Å²) in [6, 6.07) is 56.1. The number of hydrogen-bond acceptors (Lipinski definition) is 3. The third-order valence-corrected chi connectivity index (χ3v) is 11.5. The van der Waals surface area contributed by atoms with Crippen LogP contribution in [-0.2, 0) is 6.18 Å². The smallest absolute Gasteiger partial charge is 0.308 e. The van der Waals surface area contributed by atoms with E-state index >= 15 is 0 Å². The van der Waals surface area contributed by atoms with Gasteiger partial charge in [-0.15, -0.1) is 0 Å². The van der Waals surface area contributed by atoms with Gasteiger partial charge in [-0.05, 0) is 118 Å². The molecule has 0 saturated heterocycles. The lowest BCUT2D eigenvalue weighted by Gasteiger charge is -2.20. The van der Waals surface area contributed by atoms with Crippen LogP contribution in [0.15, 0.2) is 164 Å². The molecule has 290 valence electrons. The molecule has 0 radical (unpaired) electrons. The van der Waals surface area contributed by atoms with E-state index in [9.17, 15) is 29.0 Å². The molecule has 2 aromatic heterocycles. The number of nitrogens with zero attached hydrogens (tertiary/aromatic N) is 6. The van der Waals surface area contributed by atoms with Crippen LogP contribution >= 0.6 is 0 Å². The minimum absolute atomic E-state index is 0.156. The molecule has 0 fully saturated rings. The van der Waals surface area contributed by atoms with E-state index in [1.807, 2.05) is 109 Å². The molecular formula is C53H27F3N6. The van der Waals surface area contributed by atoms with Gasteiger partial charge in [0.1, 0.15) is 0 Å². The Morgan fingerprint density at radius 2 is 0.919 bits per heavy atom. The zero-order valence-corrected chi connectivity index (χ0v) is 32.4.